The van der Waals surface area contributed by atoms with Crippen LogP contribution in [0.1, 0.15) is 46.9 Å². The van der Waals surface area contributed by atoms with Gasteiger partial charge in [-0.3, -0.25) is 9.59 Å². The maximum atomic E-state index is 14.4. The van der Waals surface area contributed by atoms with E-state index in [1.165, 1.54) is 18.5 Å². The van der Waals surface area contributed by atoms with Gasteiger partial charge in [0.15, 0.2) is 11.5 Å². The molecule has 0 saturated heterocycles. The molecule has 0 radical (unpaired) electrons. The molecule has 0 fully saturated rings. The minimum Gasteiger partial charge on any atom is -0.383 e. The molecule has 3 N–H and O–H groups in total. The lowest BCUT2D eigenvalue weighted by Crippen LogP contribution is -2.31. The molecule has 1 amide bonds. The third kappa shape index (κ3) is 5.40. The van der Waals surface area contributed by atoms with Gasteiger partial charge in [-0.1, -0.05) is 50.2 Å². The molecule has 4 heterocycles. The van der Waals surface area contributed by atoms with Gasteiger partial charge in [0.05, 0.1) is 17.6 Å². The van der Waals surface area contributed by atoms with E-state index in [0.29, 0.717) is 45.1 Å². The fraction of sp³-hybridized carbons (Fsp3) is 0.156. The Morgan fingerprint density at radius 2 is 1.77 bits per heavy atom. The number of aryl methyl sites for hydroxylation is 1. The second kappa shape index (κ2) is 11.5. The van der Waals surface area contributed by atoms with E-state index in [4.69, 9.17) is 10.8 Å². The van der Waals surface area contributed by atoms with E-state index in [-0.39, 0.29) is 29.7 Å². The Morgan fingerprint density at radius 1 is 1.00 bits per heavy atom. The van der Waals surface area contributed by atoms with E-state index < -0.39 is 11.5 Å². The average molecular weight is 590 g/mol. The number of carbonyl (C=O) groups excluding carboxylic acids is 1. The van der Waals surface area contributed by atoms with Gasteiger partial charge >= 0.3 is 0 Å². The van der Waals surface area contributed by atoms with Crippen LogP contribution in [0.3, 0.4) is 0 Å². The van der Waals surface area contributed by atoms with Crippen LogP contribution in [0.2, 0.25) is 0 Å². The zero-order valence-electron chi connectivity index (χ0n) is 24.2. The van der Waals surface area contributed by atoms with Gasteiger partial charge in [0.2, 0.25) is 0 Å². The Morgan fingerprint density at radius 3 is 2.48 bits per heavy atom. The van der Waals surface area contributed by atoms with Gasteiger partial charge in [-0.05, 0) is 48.7 Å². The molecule has 12 heteroatoms. The van der Waals surface area contributed by atoms with E-state index in [1.807, 2.05) is 26.8 Å². The van der Waals surface area contributed by atoms with E-state index >= 15 is 0 Å². The number of nitrogen functional groups attached to an aromatic ring is 1. The molecule has 11 nitrogen and oxygen atoms in total. The molecule has 0 aliphatic carbocycles. The number of pyridine rings is 1. The molecule has 2 aromatic carbocycles. The highest BCUT2D eigenvalue weighted by atomic mass is 19.1. The predicted octanol–water partition coefficient (Wildman–Crippen LogP) is 4.89. The Labute approximate surface area is 251 Å². The van der Waals surface area contributed by atoms with Gasteiger partial charge in [-0.2, -0.15) is 14.9 Å². The SMILES string of the molecule is Cc1ccc(-n2nc(C(C)C)cc(C(=O)Nc3ccc(-c4nn(Cc5ccccc5F)c5ncnc(N)c45)cc3)c2=O)nc1. The van der Waals surface area contributed by atoms with Crippen LogP contribution in [0, 0.1) is 12.7 Å². The van der Waals surface area contributed by atoms with Crippen LogP contribution in [0.15, 0.2) is 84.0 Å². The van der Waals surface area contributed by atoms with Crippen molar-refractivity contribution in [1.82, 2.24) is 34.5 Å². The quantitative estimate of drug-likeness (QED) is 0.268. The largest absolute Gasteiger partial charge is 0.383 e. The number of amides is 1. The van der Waals surface area contributed by atoms with Gasteiger partial charge in [-0.25, -0.2) is 24.0 Å². The van der Waals surface area contributed by atoms with Crippen molar-refractivity contribution in [2.45, 2.75) is 33.2 Å². The van der Waals surface area contributed by atoms with Crippen molar-refractivity contribution in [2.24, 2.45) is 0 Å². The molecule has 0 bridgehead atoms. The van der Waals surface area contributed by atoms with Gasteiger partial charge in [0, 0.05) is 23.0 Å². The summed E-state index contributed by atoms with van der Waals surface area (Å²) in [5.41, 5.74) is 9.66. The highest BCUT2D eigenvalue weighted by Gasteiger charge is 2.20. The summed E-state index contributed by atoms with van der Waals surface area (Å²) in [4.78, 5) is 39.5. The van der Waals surface area contributed by atoms with E-state index in [9.17, 15) is 14.0 Å². The molecule has 4 aromatic heterocycles. The first-order chi connectivity index (χ1) is 21.2. The number of halogens is 1. The second-order valence-electron chi connectivity index (χ2n) is 10.6. The van der Waals surface area contributed by atoms with Crippen LogP contribution < -0.4 is 16.6 Å². The third-order valence-corrected chi connectivity index (χ3v) is 7.13. The summed E-state index contributed by atoms with van der Waals surface area (Å²) in [7, 11) is 0. The molecule has 0 unspecified atom stereocenters. The maximum absolute atomic E-state index is 14.4. The topological polar surface area (TPSA) is 146 Å². The molecule has 0 spiro atoms. The average Bonchev–Trinajstić information content (AvgIpc) is 3.38. The maximum Gasteiger partial charge on any atom is 0.285 e. The molecule has 6 aromatic rings. The van der Waals surface area contributed by atoms with Crippen LogP contribution in [-0.4, -0.2) is 40.4 Å². The van der Waals surface area contributed by atoms with Crippen molar-refractivity contribution in [1.29, 1.82) is 0 Å². The molecule has 0 atom stereocenters. The van der Waals surface area contributed by atoms with Crippen molar-refractivity contribution in [3.05, 3.63) is 118 Å². The Kier molecular flexibility index (Phi) is 7.39. The summed E-state index contributed by atoms with van der Waals surface area (Å²) in [6, 6.07) is 18.4. The third-order valence-electron chi connectivity index (χ3n) is 7.13. The Bertz CT molecular complexity index is 2070. The number of anilines is 2. The fourth-order valence-corrected chi connectivity index (χ4v) is 4.74. The Hall–Kier alpha value is -5.78. The first-order valence-corrected chi connectivity index (χ1v) is 13.9. The number of nitrogens with one attached hydrogen (secondary N) is 1. The van der Waals surface area contributed by atoms with E-state index in [0.717, 1.165) is 10.2 Å². The predicted molar refractivity (Wildman–Crippen MR) is 165 cm³/mol. The molecule has 44 heavy (non-hydrogen) atoms. The number of nitrogens with zero attached hydrogens (tertiary/aromatic N) is 7. The summed E-state index contributed by atoms with van der Waals surface area (Å²) in [6.07, 6.45) is 2.98. The minimum atomic E-state index is -0.581. The van der Waals surface area contributed by atoms with Crippen molar-refractivity contribution in [3.8, 4) is 17.1 Å². The molecule has 6 rings (SSSR count). The zero-order chi connectivity index (χ0) is 31.0. The highest BCUT2D eigenvalue weighted by Crippen LogP contribution is 2.31. The number of carbonyl (C=O) groups is 1. The highest BCUT2D eigenvalue weighted by molar-refractivity contribution is 6.04. The van der Waals surface area contributed by atoms with Gasteiger partial charge < -0.3 is 11.1 Å². The van der Waals surface area contributed by atoms with Crippen LogP contribution in [0.25, 0.3) is 28.1 Å². The number of fused-ring (bicyclic) bond motifs is 1. The van der Waals surface area contributed by atoms with E-state index in [2.05, 4.69) is 25.4 Å². The van der Waals surface area contributed by atoms with Gasteiger partial charge in [0.25, 0.3) is 11.5 Å². The summed E-state index contributed by atoms with van der Waals surface area (Å²) in [5.74, 6) is -0.407. The van der Waals surface area contributed by atoms with E-state index in [1.54, 1.807) is 59.4 Å². The molecule has 0 aliphatic rings. The lowest BCUT2D eigenvalue weighted by atomic mass is 10.1. The first-order valence-electron chi connectivity index (χ1n) is 13.9. The summed E-state index contributed by atoms with van der Waals surface area (Å²) in [5, 5.41) is 12.5. The number of benzene rings is 2. The van der Waals surface area contributed by atoms with Crippen molar-refractivity contribution in [3.63, 3.8) is 0 Å². The van der Waals surface area contributed by atoms with Crippen molar-refractivity contribution in [2.75, 3.05) is 11.1 Å². The van der Waals surface area contributed by atoms with Crippen LogP contribution in [0.4, 0.5) is 15.9 Å². The van der Waals surface area contributed by atoms with Crippen LogP contribution in [0.5, 0.6) is 0 Å². The minimum absolute atomic E-state index is 0.0393. The van der Waals surface area contributed by atoms with Gasteiger partial charge in [-0.15, -0.1) is 0 Å². The number of hydrogen-bond donors (Lipinski definition) is 2. The molecular formula is C32H28FN9O2. The number of aromatic nitrogens is 7. The lowest BCUT2D eigenvalue weighted by Gasteiger charge is -2.12. The number of nitrogens with two attached hydrogens (primary N) is 1. The standard InChI is InChI=1S/C32H28FN9O2/c1-18(2)25-14-23(32(44)42(39-25)26-13-8-19(3)15-35-26)31(43)38-22-11-9-20(10-12-22)28-27-29(34)36-17-37-30(27)41(40-28)16-21-6-4-5-7-24(21)33/h4-15,17-18H,16H2,1-3H3,(H,38,43)(H2,34,36,37). The number of rotatable bonds is 7. The monoisotopic (exact) mass is 589 g/mol. The molecule has 0 aliphatic heterocycles. The lowest BCUT2D eigenvalue weighted by molar-refractivity contribution is 0.102. The zero-order valence-corrected chi connectivity index (χ0v) is 24.2. The molecule has 220 valence electrons. The first kappa shape index (κ1) is 28.3. The molecular weight excluding hydrogens is 561 g/mol. The second-order valence-corrected chi connectivity index (χ2v) is 10.6. The van der Waals surface area contributed by atoms with Gasteiger partial charge in [0.1, 0.15) is 29.2 Å². The summed E-state index contributed by atoms with van der Waals surface area (Å²) >= 11 is 0. The summed E-state index contributed by atoms with van der Waals surface area (Å²) < 4.78 is 17.1. The molecule has 0 saturated carbocycles. The number of hydrogen-bond acceptors (Lipinski definition) is 8. The van der Waals surface area contributed by atoms with Crippen LogP contribution in [-0.2, 0) is 6.54 Å². The smallest absolute Gasteiger partial charge is 0.285 e. The summed E-state index contributed by atoms with van der Waals surface area (Å²) in [6.45, 7) is 5.90. The van der Waals surface area contributed by atoms with Crippen molar-refractivity contribution < 1.29 is 9.18 Å². The Balaban J connectivity index is 1.31. The van der Waals surface area contributed by atoms with Crippen LogP contribution >= 0.6 is 0 Å². The normalized spacial score (nSPS) is 11.3. The van der Waals surface area contributed by atoms with Crippen molar-refractivity contribution >= 4 is 28.4 Å². The fourth-order valence-electron chi connectivity index (χ4n) is 4.74.